The number of sulfonamides is 1. The van der Waals surface area contributed by atoms with Crippen LogP contribution in [0.5, 0.6) is 0 Å². The lowest BCUT2D eigenvalue weighted by atomic mass is 10.0. The number of unbranched alkanes of at least 4 members (excludes halogenated alkanes) is 4. The number of carbonyl (C=O) groups excluding carboxylic acids is 1. The lowest BCUT2D eigenvalue weighted by Gasteiger charge is -2.25. The number of aromatic nitrogens is 1. The third kappa shape index (κ3) is 7.11. The maximum Gasteiger partial charge on any atom is 0.326 e. The summed E-state index contributed by atoms with van der Waals surface area (Å²) in [5.41, 5.74) is 2.39. The molecule has 0 aliphatic carbocycles. The van der Waals surface area contributed by atoms with Crippen LogP contribution in [0.3, 0.4) is 0 Å². The first kappa shape index (κ1) is 28.0. The normalized spacial score (nSPS) is 18.4. The number of rotatable bonds is 13. The predicted molar refractivity (Wildman–Crippen MR) is 145 cm³/mol. The highest BCUT2D eigenvalue weighted by Crippen LogP contribution is 2.26. The monoisotopic (exact) mass is 542 g/mol. The Balaban J connectivity index is 1.19. The summed E-state index contributed by atoms with van der Waals surface area (Å²) in [4.78, 5) is 29.6. The van der Waals surface area contributed by atoms with E-state index in [1.54, 1.807) is 18.2 Å². The molecule has 1 saturated heterocycles. The zero-order valence-corrected chi connectivity index (χ0v) is 22.6. The molecule has 2 unspecified atom stereocenters. The van der Waals surface area contributed by atoms with E-state index in [0.29, 0.717) is 25.7 Å². The molecule has 3 N–H and O–H groups in total. The first-order chi connectivity index (χ1) is 18.4. The van der Waals surface area contributed by atoms with Crippen LogP contribution in [0, 0.1) is 0 Å². The molecule has 2 atom stereocenters. The van der Waals surface area contributed by atoms with Gasteiger partial charge < -0.3 is 15.7 Å². The van der Waals surface area contributed by atoms with Crippen LogP contribution in [0.4, 0.5) is 5.82 Å². The van der Waals surface area contributed by atoms with Crippen molar-refractivity contribution in [2.75, 3.05) is 18.4 Å². The molecule has 2 aromatic rings. The fourth-order valence-corrected chi connectivity index (χ4v) is 6.91. The van der Waals surface area contributed by atoms with Gasteiger partial charge in [0, 0.05) is 18.8 Å². The van der Waals surface area contributed by atoms with E-state index in [2.05, 4.69) is 22.8 Å². The maximum atomic E-state index is 13.0. The minimum Gasteiger partial charge on any atom is -0.480 e. The zero-order chi connectivity index (χ0) is 27.0. The van der Waals surface area contributed by atoms with Gasteiger partial charge in [0.1, 0.15) is 17.9 Å². The first-order valence-corrected chi connectivity index (χ1v) is 15.1. The molecule has 0 radical (unpaired) electrons. The molecule has 2 aliphatic rings. The van der Waals surface area contributed by atoms with Gasteiger partial charge in [0.05, 0.1) is 4.90 Å². The summed E-state index contributed by atoms with van der Waals surface area (Å²) in [7, 11) is -3.83. The molecule has 0 spiro atoms. The predicted octanol–water partition coefficient (Wildman–Crippen LogP) is 3.75. The molecule has 2 aliphatic heterocycles. The Morgan fingerprint density at radius 1 is 1.05 bits per heavy atom. The summed E-state index contributed by atoms with van der Waals surface area (Å²) < 4.78 is 27.3. The molecule has 3 heterocycles. The number of hydrogen-bond donors (Lipinski definition) is 3. The van der Waals surface area contributed by atoms with Crippen LogP contribution in [-0.2, 0) is 32.5 Å². The average Bonchev–Trinajstić information content (AvgIpc) is 3.43. The van der Waals surface area contributed by atoms with Gasteiger partial charge >= 0.3 is 5.97 Å². The number of carboxylic acids is 1. The van der Waals surface area contributed by atoms with E-state index in [9.17, 15) is 23.1 Å². The highest BCUT2D eigenvalue weighted by atomic mass is 32.2. The van der Waals surface area contributed by atoms with E-state index in [0.717, 1.165) is 63.0 Å². The molecule has 4 rings (SSSR count). The number of carbonyl (C=O) groups is 2. The Morgan fingerprint density at radius 2 is 1.82 bits per heavy atom. The van der Waals surface area contributed by atoms with Crippen molar-refractivity contribution >= 4 is 27.7 Å². The number of fused-ring (bicyclic) bond motifs is 1. The van der Waals surface area contributed by atoms with Gasteiger partial charge in [-0.05, 0) is 68.7 Å². The third-order valence-corrected chi connectivity index (χ3v) is 9.27. The highest BCUT2D eigenvalue weighted by Gasteiger charge is 2.40. The molecule has 9 nitrogen and oxygen atoms in total. The van der Waals surface area contributed by atoms with Crippen molar-refractivity contribution in [2.24, 2.45) is 0 Å². The van der Waals surface area contributed by atoms with E-state index in [1.807, 2.05) is 0 Å². The number of benzene rings is 1. The van der Waals surface area contributed by atoms with Crippen LogP contribution < -0.4 is 10.6 Å². The summed E-state index contributed by atoms with van der Waals surface area (Å²) >= 11 is 0. The van der Waals surface area contributed by atoms with Gasteiger partial charge in [-0.1, -0.05) is 49.9 Å². The van der Waals surface area contributed by atoms with E-state index in [1.165, 1.54) is 22.0 Å². The fourth-order valence-electron chi connectivity index (χ4n) is 5.24. The Bertz CT molecular complexity index is 1200. The molecular formula is C28H38N4O5S. The fraction of sp³-hybridized carbons (Fsp3) is 0.536. The molecular weight excluding hydrogens is 504 g/mol. The molecule has 1 amide bonds. The van der Waals surface area contributed by atoms with E-state index >= 15 is 0 Å². The molecule has 10 heteroatoms. The summed E-state index contributed by atoms with van der Waals surface area (Å²) in [5, 5.41) is 15.6. The number of aliphatic carboxylic acids is 1. The van der Waals surface area contributed by atoms with E-state index in [-0.39, 0.29) is 11.4 Å². The number of pyridine rings is 1. The lowest BCUT2D eigenvalue weighted by molar-refractivity contribution is -0.142. The van der Waals surface area contributed by atoms with E-state index in [4.69, 9.17) is 4.98 Å². The van der Waals surface area contributed by atoms with Crippen molar-refractivity contribution < 1.29 is 23.1 Å². The Hall–Kier alpha value is -2.98. The molecule has 206 valence electrons. The van der Waals surface area contributed by atoms with Crippen LogP contribution in [0.1, 0.15) is 69.0 Å². The molecule has 1 aromatic carbocycles. The molecule has 0 bridgehead atoms. The minimum atomic E-state index is -3.83. The van der Waals surface area contributed by atoms with Gasteiger partial charge in [-0.3, -0.25) is 4.79 Å². The second-order valence-electron chi connectivity index (χ2n) is 10.1. The Morgan fingerprint density at radius 3 is 2.61 bits per heavy atom. The van der Waals surface area contributed by atoms with Crippen LogP contribution in [0.2, 0.25) is 0 Å². The van der Waals surface area contributed by atoms with Crippen molar-refractivity contribution in [3.8, 4) is 0 Å². The Labute approximate surface area is 225 Å². The van der Waals surface area contributed by atoms with Crippen molar-refractivity contribution in [3.05, 3.63) is 53.7 Å². The number of carboxylic acid groups (broad SMARTS) is 1. The summed E-state index contributed by atoms with van der Waals surface area (Å²) in [6, 6.07) is 10.4. The second kappa shape index (κ2) is 13.2. The number of nitrogens with one attached hydrogen (secondary N) is 2. The average molecular weight is 543 g/mol. The van der Waals surface area contributed by atoms with Crippen molar-refractivity contribution in [1.29, 1.82) is 0 Å². The summed E-state index contributed by atoms with van der Waals surface area (Å²) in [6.07, 6.45) is 8.99. The van der Waals surface area contributed by atoms with Gasteiger partial charge in [-0.2, -0.15) is 4.31 Å². The lowest BCUT2D eigenvalue weighted by Crippen LogP contribution is -2.50. The zero-order valence-electron chi connectivity index (χ0n) is 21.8. The highest BCUT2D eigenvalue weighted by molar-refractivity contribution is 7.89. The third-order valence-electron chi connectivity index (χ3n) is 7.35. The van der Waals surface area contributed by atoms with E-state index < -0.39 is 34.0 Å². The van der Waals surface area contributed by atoms with Crippen LogP contribution >= 0.6 is 0 Å². The van der Waals surface area contributed by atoms with Gasteiger partial charge in [-0.25, -0.2) is 18.2 Å². The molecule has 1 fully saturated rings. The molecule has 0 saturated carbocycles. The van der Waals surface area contributed by atoms with Gasteiger partial charge in [0.15, 0.2) is 0 Å². The van der Waals surface area contributed by atoms with Gasteiger partial charge in [0.25, 0.3) is 0 Å². The SMILES string of the molecule is O=C(O)C(CCCCCCCc1ccc2c(n1)NCCC2)NC(=O)C1CCCN1S(=O)(=O)c1ccccc1. The topological polar surface area (TPSA) is 129 Å². The summed E-state index contributed by atoms with van der Waals surface area (Å²) in [6.45, 7) is 1.22. The molecule has 38 heavy (non-hydrogen) atoms. The van der Waals surface area contributed by atoms with Gasteiger partial charge in [-0.15, -0.1) is 0 Å². The number of hydrogen-bond acceptors (Lipinski definition) is 6. The quantitative estimate of drug-likeness (QED) is 0.329. The number of anilines is 1. The second-order valence-corrected chi connectivity index (χ2v) is 12.0. The van der Waals surface area contributed by atoms with Crippen LogP contribution in [0.15, 0.2) is 47.4 Å². The number of nitrogens with zero attached hydrogens (tertiary/aromatic N) is 2. The van der Waals surface area contributed by atoms with Crippen molar-refractivity contribution in [2.45, 2.75) is 87.6 Å². The maximum absolute atomic E-state index is 13.0. The van der Waals surface area contributed by atoms with Crippen molar-refractivity contribution in [3.63, 3.8) is 0 Å². The summed E-state index contributed by atoms with van der Waals surface area (Å²) in [5.74, 6) is -0.615. The first-order valence-electron chi connectivity index (χ1n) is 13.7. The largest absolute Gasteiger partial charge is 0.480 e. The van der Waals surface area contributed by atoms with Crippen LogP contribution in [-0.4, -0.2) is 59.9 Å². The number of aryl methyl sites for hydroxylation is 2. The van der Waals surface area contributed by atoms with Crippen molar-refractivity contribution in [1.82, 2.24) is 14.6 Å². The smallest absolute Gasteiger partial charge is 0.326 e. The molecule has 1 aromatic heterocycles. The minimum absolute atomic E-state index is 0.133. The van der Waals surface area contributed by atoms with Crippen LogP contribution in [0.25, 0.3) is 0 Å². The Kier molecular flexibility index (Phi) is 9.74. The number of amides is 1. The van der Waals surface area contributed by atoms with Gasteiger partial charge in [0.2, 0.25) is 15.9 Å². The standard InChI is InChI=1S/C28H38N4O5S/c33-27(25-16-10-20-32(25)38(36,37)23-13-6-4-7-14-23)31-24(28(34)35)15-8-3-1-2-5-12-22-18-17-21-11-9-19-29-26(21)30-22/h4,6-7,13-14,17-18,24-25H,1-3,5,8-12,15-16,19-20H2,(H,29,30)(H,31,33)(H,34,35).